The first-order valence-electron chi connectivity index (χ1n) is 9.24. The van der Waals surface area contributed by atoms with Gasteiger partial charge >= 0.3 is 0 Å². The molecule has 6 rings (SSSR count). The van der Waals surface area contributed by atoms with Crippen molar-refractivity contribution in [1.82, 2.24) is 4.90 Å². The average Bonchev–Trinajstić information content (AvgIpc) is 2.97. The normalized spacial score (nSPS) is 35.4. The maximum atomic E-state index is 15.3. The quantitative estimate of drug-likeness (QED) is 0.784. The van der Waals surface area contributed by atoms with Gasteiger partial charge in [-0.05, 0) is 42.9 Å². The molecule has 4 bridgehead atoms. The SMILES string of the molecule is CCC1C[C@H]2C[C@H]3c4oc5ccc(OC)cc5c4C(F)(F)CN(C2)C13. The Bertz CT molecular complexity index is 830. The molecule has 134 valence electrons. The number of halogens is 2. The number of rotatable bonds is 2. The number of hydrogen-bond acceptors (Lipinski definition) is 3. The molecular weight excluding hydrogens is 324 g/mol. The molecule has 1 saturated carbocycles. The summed E-state index contributed by atoms with van der Waals surface area (Å²) >= 11 is 0. The first kappa shape index (κ1) is 15.6. The summed E-state index contributed by atoms with van der Waals surface area (Å²) in [6, 6.07) is 5.42. The molecule has 1 aliphatic carbocycles. The van der Waals surface area contributed by atoms with E-state index < -0.39 is 5.92 Å². The lowest BCUT2D eigenvalue weighted by Gasteiger charge is -2.52. The van der Waals surface area contributed by atoms with E-state index in [1.165, 1.54) is 6.42 Å². The Morgan fingerprint density at radius 1 is 1.32 bits per heavy atom. The maximum absolute atomic E-state index is 15.3. The summed E-state index contributed by atoms with van der Waals surface area (Å²) in [7, 11) is 1.56. The van der Waals surface area contributed by atoms with Crippen LogP contribution in [0.2, 0.25) is 0 Å². The zero-order valence-electron chi connectivity index (χ0n) is 14.6. The van der Waals surface area contributed by atoms with E-state index in [0.717, 1.165) is 19.4 Å². The Labute approximate surface area is 145 Å². The fourth-order valence-electron chi connectivity index (χ4n) is 5.68. The number of nitrogens with zero attached hydrogens (tertiary/aromatic N) is 1. The van der Waals surface area contributed by atoms with Gasteiger partial charge in [0.1, 0.15) is 17.1 Å². The van der Waals surface area contributed by atoms with E-state index in [-0.39, 0.29) is 24.1 Å². The molecule has 2 aromatic rings. The van der Waals surface area contributed by atoms with Crippen LogP contribution in [0.1, 0.15) is 43.4 Å². The molecule has 0 amide bonds. The maximum Gasteiger partial charge on any atom is 0.289 e. The highest BCUT2D eigenvalue weighted by Gasteiger charge is 2.55. The lowest BCUT2D eigenvalue weighted by atomic mass is 9.65. The largest absolute Gasteiger partial charge is 0.497 e. The minimum Gasteiger partial charge on any atom is -0.497 e. The van der Waals surface area contributed by atoms with E-state index in [1.807, 2.05) is 0 Å². The summed E-state index contributed by atoms with van der Waals surface area (Å²) in [5, 5.41) is 0.511. The standard InChI is InChI=1S/C20H23F2NO2/c1-3-12-6-11-7-15-18(12)23(9-11)10-20(21,22)17-14-8-13(24-2)4-5-16(14)25-19(15)17/h4-5,8,11-12,15,18H,3,6-7,9-10H2,1-2H3/t11-,12?,15+,18?/m0/s1. The van der Waals surface area contributed by atoms with Gasteiger partial charge in [0.2, 0.25) is 0 Å². The van der Waals surface area contributed by atoms with Gasteiger partial charge in [0.15, 0.2) is 0 Å². The molecule has 3 nitrogen and oxygen atoms in total. The lowest BCUT2D eigenvalue weighted by molar-refractivity contribution is -0.0846. The van der Waals surface area contributed by atoms with Crippen LogP contribution < -0.4 is 4.74 Å². The minimum atomic E-state index is -2.90. The second-order valence-electron chi connectivity index (χ2n) is 7.94. The Balaban J connectivity index is 1.74. The van der Waals surface area contributed by atoms with Crippen molar-refractivity contribution in [1.29, 1.82) is 0 Å². The van der Waals surface area contributed by atoms with E-state index in [4.69, 9.17) is 9.15 Å². The Kier molecular flexibility index (Phi) is 3.25. The molecule has 25 heavy (non-hydrogen) atoms. The highest BCUT2D eigenvalue weighted by molar-refractivity contribution is 5.85. The van der Waals surface area contributed by atoms with Crippen molar-refractivity contribution in [2.75, 3.05) is 20.2 Å². The number of hydrogen-bond donors (Lipinski definition) is 0. The fourth-order valence-corrected chi connectivity index (χ4v) is 5.68. The van der Waals surface area contributed by atoms with Gasteiger partial charge in [0.25, 0.3) is 5.92 Å². The fraction of sp³-hybridized carbons (Fsp3) is 0.600. The summed E-state index contributed by atoms with van der Waals surface area (Å²) in [5.41, 5.74) is 0.657. The summed E-state index contributed by atoms with van der Waals surface area (Å²) in [6.07, 6.45) is 3.18. The second kappa shape index (κ2) is 5.19. The molecule has 0 N–H and O–H groups in total. The Morgan fingerprint density at radius 2 is 2.16 bits per heavy atom. The zero-order chi connectivity index (χ0) is 17.3. The van der Waals surface area contributed by atoms with Crippen molar-refractivity contribution >= 4 is 11.0 Å². The summed E-state index contributed by atoms with van der Waals surface area (Å²) < 4.78 is 41.9. The van der Waals surface area contributed by atoms with E-state index in [2.05, 4.69) is 11.8 Å². The van der Waals surface area contributed by atoms with Gasteiger partial charge in [-0.2, -0.15) is 8.78 Å². The van der Waals surface area contributed by atoms with Crippen LogP contribution in [0, 0.1) is 11.8 Å². The number of furan rings is 1. The third-order valence-corrected chi connectivity index (χ3v) is 6.58. The first-order valence-corrected chi connectivity index (χ1v) is 9.24. The molecule has 3 fully saturated rings. The molecule has 0 spiro atoms. The van der Waals surface area contributed by atoms with Crippen molar-refractivity contribution in [2.45, 2.75) is 44.1 Å². The predicted molar refractivity (Wildman–Crippen MR) is 91.3 cm³/mol. The predicted octanol–water partition coefficient (Wildman–Crippen LogP) is 4.75. The highest BCUT2D eigenvalue weighted by atomic mass is 19.3. The number of alkyl halides is 2. The Hall–Kier alpha value is -1.62. The van der Waals surface area contributed by atoms with Crippen LogP contribution in [0.15, 0.2) is 22.6 Å². The second-order valence-corrected chi connectivity index (χ2v) is 7.94. The molecule has 3 aliphatic heterocycles. The number of benzene rings is 1. The molecular formula is C20H23F2NO2. The third kappa shape index (κ3) is 2.11. The summed E-state index contributed by atoms with van der Waals surface area (Å²) in [6.45, 7) is 2.79. The van der Waals surface area contributed by atoms with Crippen LogP contribution in [0.3, 0.4) is 0 Å². The molecule has 4 heterocycles. The average molecular weight is 347 g/mol. The lowest BCUT2D eigenvalue weighted by Crippen LogP contribution is -2.57. The van der Waals surface area contributed by atoms with E-state index >= 15 is 8.78 Å². The van der Waals surface area contributed by atoms with Crippen LogP contribution in [-0.4, -0.2) is 31.1 Å². The van der Waals surface area contributed by atoms with Crippen LogP contribution in [0.5, 0.6) is 5.75 Å². The number of methoxy groups -OCH3 is 1. The summed E-state index contributed by atoms with van der Waals surface area (Å²) in [4.78, 5) is 2.05. The van der Waals surface area contributed by atoms with Gasteiger partial charge in [0.05, 0.1) is 19.2 Å². The number of ether oxygens (including phenoxy) is 1. The van der Waals surface area contributed by atoms with Gasteiger partial charge in [-0.15, -0.1) is 0 Å². The van der Waals surface area contributed by atoms with Crippen LogP contribution in [0.25, 0.3) is 11.0 Å². The topological polar surface area (TPSA) is 25.6 Å². The van der Waals surface area contributed by atoms with Crippen molar-refractivity contribution in [3.63, 3.8) is 0 Å². The molecule has 5 atom stereocenters. The van der Waals surface area contributed by atoms with Crippen molar-refractivity contribution in [3.05, 3.63) is 29.5 Å². The summed E-state index contributed by atoms with van der Waals surface area (Å²) in [5.74, 6) is -0.702. The molecule has 1 aromatic heterocycles. The van der Waals surface area contributed by atoms with E-state index in [9.17, 15) is 0 Å². The zero-order valence-corrected chi connectivity index (χ0v) is 14.6. The van der Waals surface area contributed by atoms with E-state index in [1.54, 1.807) is 25.3 Å². The van der Waals surface area contributed by atoms with Crippen LogP contribution >= 0.6 is 0 Å². The minimum absolute atomic E-state index is 0.0826. The molecule has 3 unspecified atom stereocenters. The van der Waals surface area contributed by atoms with Crippen molar-refractivity contribution in [2.24, 2.45) is 11.8 Å². The molecule has 1 aromatic carbocycles. The Morgan fingerprint density at radius 3 is 2.92 bits per heavy atom. The van der Waals surface area contributed by atoms with Gasteiger partial charge in [-0.3, -0.25) is 4.90 Å². The molecule has 0 radical (unpaired) electrons. The van der Waals surface area contributed by atoms with Crippen LogP contribution in [-0.2, 0) is 5.92 Å². The number of fused-ring (bicyclic) bond motifs is 4. The molecule has 4 aliphatic rings. The molecule has 2 saturated heterocycles. The smallest absolute Gasteiger partial charge is 0.289 e. The first-order chi connectivity index (χ1) is 12.0. The highest BCUT2D eigenvalue weighted by Crippen LogP contribution is 2.55. The number of piperidine rings is 2. The van der Waals surface area contributed by atoms with Gasteiger partial charge < -0.3 is 9.15 Å². The molecule has 5 heteroatoms. The third-order valence-electron chi connectivity index (χ3n) is 6.58. The van der Waals surface area contributed by atoms with Gasteiger partial charge in [-0.25, -0.2) is 0 Å². The van der Waals surface area contributed by atoms with Crippen molar-refractivity contribution < 1.29 is 17.9 Å². The van der Waals surface area contributed by atoms with Gasteiger partial charge in [-0.1, -0.05) is 13.3 Å². The monoisotopic (exact) mass is 347 g/mol. The van der Waals surface area contributed by atoms with Crippen molar-refractivity contribution in [3.8, 4) is 5.75 Å². The van der Waals surface area contributed by atoms with E-state index in [0.29, 0.717) is 34.3 Å². The van der Waals surface area contributed by atoms with Crippen LogP contribution in [0.4, 0.5) is 8.78 Å². The van der Waals surface area contributed by atoms with Gasteiger partial charge in [0, 0.05) is 23.9 Å².